The van der Waals surface area contributed by atoms with Crippen LogP contribution in [0.25, 0.3) is 0 Å². The number of benzene rings is 1. The Hall–Kier alpha value is -1.01. The largest absolute Gasteiger partial charge is 0.466 e. The van der Waals surface area contributed by atoms with Gasteiger partial charge in [-0.15, -0.1) is 0 Å². The molecule has 1 aromatic carbocycles. The highest BCUT2D eigenvalue weighted by molar-refractivity contribution is 9.10. The van der Waals surface area contributed by atoms with Crippen molar-refractivity contribution >= 4 is 21.9 Å². The summed E-state index contributed by atoms with van der Waals surface area (Å²) in [5.74, 6) is -3.03. The molecule has 1 N–H and O–H groups in total. The molecule has 2 unspecified atom stereocenters. The van der Waals surface area contributed by atoms with Gasteiger partial charge in [-0.3, -0.25) is 4.79 Å². The van der Waals surface area contributed by atoms with Crippen molar-refractivity contribution in [1.82, 2.24) is 0 Å². The molecule has 0 saturated heterocycles. The molecule has 6 heteroatoms. The second-order valence-corrected chi connectivity index (χ2v) is 5.13. The van der Waals surface area contributed by atoms with Gasteiger partial charge in [0.25, 0.3) is 6.43 Å². The molecule has 1 rings (SSSR count). The van der Waals surface area contributed by atoms with Crippen molar-refractivity contribution in [3.8, 4) is 0 Å². The SMILES string of the molecule is CCOC(=O)C(C(F)F)C(C)(O)c1ccc(Br)cc1. The predicted octanol–water partition coefficient (Wildman–Crippen LogP) is 3.10. The highest BCUT2D eigenvalue weighted by Gasteiger charge is 2.46. The molecular weight excluding hydrogens is 322 g/mol. The third-order valence-electron chi connectivity index (χ3n) is 2.83. The standard InChI is InChI=1S/C13H15BrF2O3/c1-3-19-12(17)10(11(15)16)13(2,18)8-4-6-9(14)7-5-8/h4-7,10-11,18H,3H2,1-2H3. The van der Waals surface area contributed by atoms with Gasteiger partial charge in [0.1, 0.15) is 11.5 Å². The maximum Gasteiger partial charge on any atom is 0.318 e. The maximum atomic E-state index is 13.1. The summed E-state index contributed by atoms with van der Waals surface area (Å²) in [6.07, 6.45) is -3.02. The number of hydrogen-bond donors (Lipinski definition) is 1. The van der Waals surface area contributed by atoms with Crippen LogP contribution in [0.2, 0.25) is 0 Å². The zero-order chi connectivity index (χ0) is 14.6. The maximum absolute atomic E-state index is 13.1. The summed E-state index contributed by atoms with van der Waals surface area (Å²) < 4.78 is 31.5. The van der Waals surface area contributed by atoms with E-state index in [1.165, 1.54) is 26.0 Å². The van der Waals surface area contributed by atoms with Crippen molar-refractivity contribution in [2.45, 2.75) is 25.9 Å². The summed E-state index contributed by atoms with van der Waals surface area (Å²) in [5.41, 5.74) is -1.77. The molecule has 0 heterocycles. The van der Waals surface area contributed by atoms with Crippen molar-refractivity contribution in [3.05, 3.63) is 34.3 Å². The fourth-order valence-electron chi connectivity index (χ4n) is 1.78. The normalized spacial score (nSPS) is 15.9. The highest BCUT2D eigenvalue weighted by atomic mass is 79.9. The monoisotopic (exact) mass is 336 g/mol. The van der Waals surface area contributed by atoms with Crippen molar-refractivity contribution in [2.24, 2.45) is 5.92 Å². The molecule has 1 aromatic rings. The lowest BCUT2D eigenvalue weighted by Crippen LogP contribution is -2.42. The van der Waals surface area contributed by atoms with Crippen LogP contribution in [-0.2, 0) is 15.1 Å². The van der Waals surface area contributed by atoms with Crippen LogP contribution in [0.1, 0.15) is 19.4 Å². The Labute approximate surface area is 118 Å². The molecular formula is C13H15BrF2O3. The van der Waals surface area contributed by atoms with Crippen LogP contribution in [0.5, 0.6) is 0 Å². The lowest BCUT2D eigenvalue weighted by molar-refractivity contribution is -0.169. The second-order valence-electron chi connectivity index (χ2n) is 4.22. The van der Waals surface area contributed by atoms with E-state index in [-0.39, 0.29) is 12.2 Å². The zero-order valence-electron chi connectivity index (χ0n) is 10.6. The number of alkyl halides is 2. The first-order valence-corrected chi connectivity index (χ1v) is 6.53. The zero-order valence-corrected chi connectivity index (χ0v) is 12.2. The number of carbonyl (C=O) groups excluding carboxylic acids is 1. The lowest BCUT2D eigenvalue weighted by atomic mass is 9.83. The van der Waals surface area contributed by atoms with Crippen LogP contribution in [0.3, 0.4) is 0 Å². The Morgan fingerprint density at radius 2 is 1.95 bits per heavy atom. The van der Waals surface area contributed by atoms with Crippen molar-refractivity contribution in [3.63, 3.8) is 0 Å². The molecule has 0 bridgehead atoms. The molecule has 0 aliphatic rings. The average Bonchev–Trinajstić information content (AvgIpc) is 2.28. The van der Waals surface area contributed by atoms with Gasteiger partial charge in [-0.25, -0.2) is 8.78 Å². The Kier molecular flexibility index (Phi) is 5.43. The van der Waals surface area contributed by atoms with Gasteiger partial charge in [0, 0.05) is 4.47 Å². The van der Waals surface area contributed by atoms with E-state index >= 15 is 0 Å². The molecule has 0 radical (unpaired) electrons. The van der Waals surface area contributed by atoms with Gasteiger partial charge >= 0.3 is 5.97 Å². The molecule has 0 amide bonds. The van der Waals surface area contributed by atoms with Gasteiger partial charge in [-0.05, 0) is 31.5 Å². The van der Waals surface area contributed by atoms with E-state index in [9.17, 15) is 18.7 Å². The van der Waals surface area contributed by atoms with E-state index in [0.717, 1.165) is 4.47 Å². The number of ether oxygens (including phenoxy) is 1. The number of halogens is 3. The molecule has 2 atom stereocenters. The minimum atomic E-state index is -3.02. The number of aliphatic hydroxyl groups is 1. The first kappa shape index (κ1) is 16.0. The summed E-state index contributed by atoms with van der Waals surface area (Å²) >= 11 is 3.21. The van der Waals surface area contributed by atoms with E-state index < -0.39 is 23.9 Å². The van der Waals surface area contributed by atoms with Crippen LogP contribution < -0.4 is 0 Å². The quantitative estimate of drug-likeness (QED) is 0.840. The minimum Gasteiger partial charge on any atom is -0.466 e. The van der Waals surface area contributed by atoms with E-state index in [0.29, 0.717) is 0 Å². The van der Waals surface area contributed by atoms with Crippen molar-refractivity contribution in [2.75, 3.05) is 6.61 Å². The first-order valence-electron chi connectivity index (χ1n) is 5.74. The molecule has 19 heavy (non-hydrogen) atoms. The van der Waals surface area contributed by atoms with Crippen LogP contribution in [0.15, 0.2) is 28.7 Å². The minimum absolute atomic E-state index is 0.0154. The van der Waals surface area contributed by atoms with Crippen LogP contribution in [0, 0.1) is 5.92 Å². The second kappa shape index (κ2) is 6.43. The molecule has 0 aliphatic heterocycles. The molecule has 3 nitrogen and oxygen atoms in total. The Morgan fingerprint density at radius 1 is 1.42 bits per heavy atom. The topological polar surface area (TPSA) is 46.5 Å². The van der Waals surface area contributed by atoms with Gasteiger partial charge in [-0.1, -0.05) is 28.1 Å². The fraction of sp³-hybridized carbons (Fsp3) is 0.462. The van der Waals surface area contributed by atoms with Gasteiger partial charge in [-0.2, -0.15) is 0 Å². The first-order chi connectivity index (χ1) is 8.80. The molecule has 0 spiro atoms. The van der Waals surface area contributed by atoms with Crippen LogP contribution in [-0.4, -0.2) is 24.1 Å². The molecule has 0 saturated carbocycles. The average molecular weight is 337 g/mol. The fourth-order valence-corrected chi connectivity index (χ4v) is 2.04. The number of carbonyl (C=O) groups is 1. The highest BCUT2D eigenvalue weighted by Crippen LogP contribution is 2.35. The van der Waals surface area contributed by atoms with Gasteiger partial charge in [0.05, 0.1) is 6.61 Å². The van der Waals surface area contributed by atoms with E-state index in [1.54, 1.807) is 12.1 Å². The summed E-state index contributed by atoms with van der Waals surface area (Å²) in [7, 11) is 0. The number of hydrogen-bond acceptors (Lipinski definition) is 3. The number of rotatable bonds is 5. The van der Waals surface area contributed by atoms with Crippen molar-refractivity contribution in [1.29, 1.82) is 0 Å². The molecule has 106 valence electrons. The third-order valence-corrected chi connectivity index (χ3v) is 3.36. The van der Waals surface area contributed by atoms with E-state index in [1.807, 2.05) is 0 Å². The Balaban J connectivity index is 3.12. The van der Waals surface area contributed by atoms with Crippen LogP contribution in [0.4, 0.5) is 8.78 Å². The van der Waals surface area contributed by atoms with Gasteiger partial charge < -0.3 is 9.84 Å². The van der Waals surface area contributed by atoms with E-state index in [2.05, 4.69) is 20.7 Å². The van der Waals surface area contributed by atoms with Crippen LogP contribution >= 0.6 is 15.9 Å². The third kappa shape index (κ3) is 3.73. The smallest absolute Gasteiger partial charge is 0.318 e. The Morgan fingerprint density at radius 3 is 2.37 bits per heavy atom. The molecule has 0 aromatic heterocycles. The molecule has 0 aliphatic carbocycles. The molecule has 0 fully saturated rings. The number of esters is 1. The lowest BCUT2D eigenvalue weighted by Gasteiger charge is -2.31. The van der Waals surface area contributed by atoms with Crippen molar-refractivity contribution < 1.29 is 23.4 Å². The Bertz CT molecular complexity index is 432. The predicted molar refractivity (Wildman–Crippen MR) is 69.8 cm³/mol. The van der Waals surface area contributed by atoms with Gasteiger partial charge in [0.2, 0.25) is 0 Å². The summed E-state index contributed by atoms with van der Waals surface area (Å²) in [5, 5.41) is 10.3. The summed E-state index contributed by atoms with van der Waals surface area (Å²) in [4.78, 5) is 11.6. The van der Waals surface area contributed by atoms with E-state index in [4.69, 9.17) is 0 Å². The summed E-state index contributed by atoms with van der Waals surface area (Å²) in [6, 6.07) is 6.19. The summed E-state index contributed by atoms with van der Waals surface area (Å²) in [6.45, 7) is 2.69. The van der Waals surface area contributed by atoms with Gasteiger partial charge in [0.15, 0.2) is 0 Å².